The average Bonchev–Trinajstić information content (AvgIpc) is 3.61. The van der Waals surface area contributed by atoms with E-state index in [-0.39, 0.29) is 39.2 Å². The minimum absolute atomic E-state index is 0.0158. The Morgan fingerprint density at radius 2 is 1.22 bits per heavy atom. The molecule has 49 heavy (non-hydrogen) atoms. The summed E-state index contributed by atoms with van der Waals surface area (Å²) in [5.74, 6) is -0.00113. The fourth-order valence-electron chi connectivity index (χ4n) is 7.63. The van der Waals surface area contributed by atoms with E-state index in [0.29, 0.717) is 22.7 Å². The zero-order valence-corrected chi connectivity index (χ0v) is 30.6. The Bertz CT molecular complexity index is 1950. The van der Waals surface area contributed by atoms with Crippen LogP contribution in [-0.2, 0) is 10.8 Å². The molecular weight excluding hydrogens is 610 g/mol. The molecule has 0 amide bonds. The average molecular weight is 662 g/mol. The van der Waals surface area contributed by atoms with Gasteiger partial charge in [0.15, 0.2) is 11.5 Å². The first kappa shape index (κ1) is 34.2. The molecule has 4 aromatic rings. The summed E-state index contributed by atoms with van der Waals surface area (Å²) in [6.07, 6.45) is 9.77. The number of nitrogens with zero attached hydrogens (tertiary/aromatic N) is 5. The first-order valence-corrected chi connectivity index (χ1v) is 17.1. The minimum Gasteiger partial charge on any atom is -0.504 e. The molecule has 258 valence electrons. The second-order valence-corrected chi connectivity index (χ2v) is 17.3. The Hall–Kier alpha value is -4.63. The van der Waals surface area contributed by atoms with E-state index in [9.17, 15) is 10.2 Å². The molecule has 0 fully saturated rings. The molecule has 6 rings (SSSR count). The van der Waals surface area contributed by atoms with E-state index in [2.05, 4.69) is 80.0 Å². The number of phenolic OH excluding ortho intramolecular Hbond substituents is 2. The number of aromatic nitrogens is 3. The molecule has 1 atom stereocenters. The zero-order valence-electron chi connectivity index (χ0n) is 30.6. The first-order valence-electron chi connectivity index (χ1n) is 17.1. The van der Waals surface area contributed by atoms with Crippen molar-refractivity contribution >= 4 is 33.8 Å². The van der Waals surface area contributed by atoms with Gasteiger partial charge in [-0.2, -0.15) is 15.6 Å². The zero-order chi connectivity index (χ0) is 35.5. The van der Waals surface area contributed by atoms with Crippen molar-refractivity contribution in [2.24, 2.45) is 15.9 Å². The van der Waals surface area contributed by atoms with Gasteiger partial charge in [-0.15, -0.1) is 15.0 Å². The third-order valence-electron chi connectivity index (χ3n) is 9.16. The van der Waals surface area contributed by atoms with Crippen molar-refractivity contribution in [1.82, 2.24) is 20.4 Å². The van der Waals surface area contributed by atoms with Crippen molar-refractivity contribution in [2.75, 3.05) is 10.4 Å². The van der Waals surface area contributed by atoms with E-state index < -0.39 is 0 Å². The monoisotopic (exact) mass is 661 g/mol. The number of aromatic hydroxyl groups is 2. The molecule has 2 aliphatic rings. The minimum atomic E-state index is -0.264. The van der Waals surface area contributed by atoms with Crippen LogP contribution in [0.15, 0.2) is 77.9 Å². The van der Waals surface area contributed by atoms with Gasteiger partial charge in [-0.05, 0) is 88.1 Å². The van der Waals surface area contributed by atoms with Gasteiger partial charge in [0.05, 0.1) is 23.1 Å². The highest BCUT2D eigenvalue weighted by Crippen LogP contribution is 2.47. The van der Waals surface area contributed by atoms with Gasteiger partial charge < -0.3 is 15.5 Å². The van der Waals surface area contributed by atoms with Crippen LogP contribution in [-0.4, -0.2) is 37.0 Å². The summed E-state index contributed by atoms with van der Waals surface area (Å²) in [5, 5.41) is 43.3. The number of hydrazone groups is 1. The van der Waals surface area contributed by atoms with Crippen LogP contribution in [0, 0.1) is 10.8 Å². The highest BCUT2D eigenvalue weighted by Gasteiger charge is 2.33. The van der Waals surface area contributed by atoms with Crippen molar-refractivity contribution in [3.05, 3.63) is 84.0 Å². The molecule has 0 spiro atoms. The predicted molar refractivity (Wildman–Crippen MR) is 201 cm³/mol. The van der Waals surface area contributed by atoms with Crippen LogP contribution in [0.3, 0.4) is 0 Å². The van der Waals surface area contributed by atoms with Crippen molar-refractivity contribution in [1.29, 1.82) is 0 Å². The number of anilines is 3. The summed E-state index contributed by atoms with van der Waals surface area (Å²) in [4.78, 5) is 1.50. The fraction of sp³-hybridized carbons (Fsp3) is 0.425. The molecule has 0 saturated carbocycles. The lowest BCUT2D eigenvalue weighted by Gasteiger charge is -2.34. The molecule has 1 aliphatic carbocycles. The Kier molecular flexibility index (Phi) is 8.42. The molecule has 0 bridgehead atoms. The van der Waals surface area contributed by atoms with Gasteiger partial charge in [-0.1, -0.05) is 99.6 Å². The first-order chi connectivity index (χ1) is 22.8. The number of allylic oxidation sites excluding steroid dienone is 2. The summed E-state index contributed by atoms with van der Waals surface area (Å²) < 4.78 is 0. The van der Waals surface area contributed by atoms with Gasteiger partial charge in [0.1, 0.15) is 22.4 Å². The number of benzene rings is 3. The van der Waals surface area contributed by atoms with E-state index in [1.54, 1.807) is 5.12 Å². The van der Waals surface area contributed by atoms with Crippen LogP contribution in [0.2, 0.25) is 0 Å². The third kappa shape index (κ3) is 7.22. The summed E-state index contributed by atoms with van der Waals surface area (Å²) in [7, 11) is 0. The van der Waals surface area contributed by atoms with Gasteiger partial charge in [0, 0.05) is 0 Å². The summed E-state index contributed by atoms with van der Waals surface area (Å²) in [5.41, 5.74) is 9.28. The van der Waals surface area contributed by atoms with E-state index in [1.165, 1.54) is 4.80 Å². The van der Waals surface area contributed by atoms with Crippen molar-refractivity contribution in [3.8, 4) is 17.2 Å². The molecule has 9 heteroatoms. The number of phenols is 2. The molecule has 0 radical (unpaired) electrons. The van der Waals surface area contributed by atoms with Crippen LogP contribution >= 0.6 is 0 Å². The largest absolute Gasteiger partial charge is 0.504 e. The van der Waals surface area contributed by atoms with Crippen LogP contribution in [0.5, 0.6) is 11.5 Å². The highest BCUT2D eigenvalue weighted by molar-refractivity contribution is 6.04. The Morgan fingerprint density at radius 1 is 0.714 bits per heavy atom. The molecule has 4 N–H and O–H groups in total. The topological polar surface area (TPSA) is 111 Å². The normalized spacial score (nSPS) is 16.7. The van der Waals surface area contributed by atoms with Crippen LogP contribution in [0.25, 0.3) is 16.7 Å². The number of fused-ring (bicyclic) bond motifs is 2. The third-order valence-corrected chi connectivity index (χ3v) is 9.16. The lowest BCUT2D eigenvalue weighted by molar-refractivity contribution is 0.283. The molecular formula is C40H51N7O2. The number of hydrogen-bond acceptors (Lipinski definition) is 8. The Labute approximate surface area is 290 Å². The summed E-state index contributed by atoms with van der Waals surface area (Å²) >= 11 is 0. The maximum Gasteiger partial charge on any atom is 0.166 e. The second kappa shape index (κ2) is 12.1. The predicted octanol–water partition coefficient (Wildman–Crippen LogP) is 9.18. The Morgan fingerprint density at radius 3 is 1.73 bits per heavy atom. The van der Waals surface area contributed by atoms with E-state index in [0.717, 1.165) is 40.7 Å². The fourth-order valence-corrected chi connectivity index (χ4v) is 7.63. The lowest BCUT2D eigenvalue weighted by Crippen LogP contribution is -2.37. The Balaban J connectivity index is 1.52. The van der Waals surface area contributed by atoms with Crippen LogP contribution in [0.4, 0.5) is 17.1 Å². The maximum absolute atomic E-state index is 12.0. The number of hydrazine groups is 1. The second-order valence-electron chi connectivity index (χ2n) is 17.3. The number of hydrogen-bond donors (Lipinski definition) is 4. The van der Waals surface area contributed by atoms with E-state index in [1.807, 2.05) is 72.8 Å². The van der Waals surface area contributed by atoms with Crippen molar-refractivity contribution < 1.29 is 10.2 Å². The molecule has 3 aromatic carbocycles. The number of rotatable bonds is 8. The van der Waals surface area contributed by atoms with Gasteiger partial charge in [-0.3, -0.25) is 0 Å². The van der Waals surface area contributed by atoms with Crippen LogP contribution < -0.4 is 15.9 Å². The molecule has 1 aromatic heterocycles. The van der Waals surface area contributed by atoms with E-state index in [4.69, 9.17) is 15.3 Å². The smallest absolute Gasteiger partial charge is 0.166 e. The number of nitrogens with one attached hydrogen (secondary N) is 2. The van der Waals surface area contributed by atoms with Gasteiger partial charge >= 0.3 is 0 Å². The SMILES string of the molecule is CC(C)(C)CC(C)(C)c1cc(Nc2cc(C(C)(C)CC(C)(C)C)cc(-n3nc4ccccc4n3)c2O)c(O)c(N2N=C3C=CC=CC3N2)c1. The molecule has 1 aliphatic heterocycles. The summed E-state index contributed by atoms with van der Waals surface area (Å²) in [6.45, 7) is 22.3. The van der Waals surface area contributed by atoms with Crippen LogP contribution in [0.1, 0.15) is 93.2 Å². The molecule has 2 heterocycles. The van der Waals surface area contributed by atoms with Gasteiger partial charge in [0.2, 0.25) is 0 Å². The van der Waals surface area contributed by atoms with Gasteiger partial charge in [-0.25, -0.2) is 0 Å². The molecule has 0 saturated heterocycles. The molecule has 9 nitrogen and oxygen atoms in total. The maximum atomic E-state index is 12.0. The van der Waals surface area contributed by atoms with Gasteiger partial charge in [0.25, 0.3) is 0 Å². The lowest BCUT2D eigenvalue weighted by atomic mass is 9.72. The summed E-state index contributed by atoms with van der Waals surface area (Å²) in [6, 6.07) is 15.5. The standard InChI is InChI=1S/C40H51N7O2/c1-37(2,3)23-39(7,8)25-19-31(35(48)33(21-25)46-42-27-15-11-12-16-28(27)43-46)41-32-20-26(40(9,10)24-38(4,5)6)22-34(36(32)49)47-44-29-17-13-14-18-30(29)45-47/h11-22,27,41-42,48-49H,23-24H2,1-10H3. The molecule has 1 unspecified atom stereocenters. The quantitative estimate of drug-likeness (QED) is 0.139. The van der Waals surface area contributed by atoms with Crippen molar-refractivity contribution in [2.45, 2.75) is 99.0 Å². The van der Waals surface area contributed by atoms with Crippen molar-refractivity contribution in [3.63, 3.8) is 0 Å². The highest BCUT2D eigenvalue weighted by atomic mass is 16.3. The van der Waals surface area contributed by atoms with E-state index >= 15 is 0 Å².